The van der Waals surface area contributed by atoms with Crippen molar-refractivity contribution in [1.82, 2.24) is 9.13 Å². The first-order chi connectivity index (χ1) is 31.6. The summed E-state index contributed by atoms with van der Waals surface area (Å²) in [6.45, 7) is 2.14. The van der Waals surface area contributed by atoms with Crippen molar-refractivity contribution in [2.45, 2.75) is 12.3 Å². The van der Waals surface area contributed by atoms with Crippen LogP contribution < -0.4 is 0 Å². The summed E-state index contributed by atoms with van der Waals surface area (Å²) in [6, 6.07) is 87.7. The highest BCUT2D eigenvalue weighted by molar-refractivity contribution is 6.13. The van der Waals surface area contributed by atoms with Gasteiger partial charge in [-0.25, -0.2) is 0 Å². The predicted octanol–water partition coefficient (Wildman–Crippen LogP) is 15.9. The number of para-hydroxylation sites is 2. The number of rotatable bonds is 6. The first-order valence-corrected chi connectivity index (χ1v) is 22.3. The van der Waals surface area contributed by atoms with Crippen LogP contribution in [0.1, 0.15) is 27.8 Å². The van der Waals surface area contributed by atoms with E-state index in [1.54, 1.807) is 0 Å². The van der Waals surface area contributed by atoms with Gasteiger partial charge in [0.05, 0.1) is 27.5 Å². The Morgan fingerprint density at radius 3 is 1.41 bits per heavy atom. The molecule has 0 fully saturated rings. The van der Waals surface area contributed by atoms with Crippen LogP contribution in [0.15, 0.2) is 237 Å². The Kier molecular flexibility index (Phi) is 8.07. The second-order valence-electron chi connectivity index (χ2n) is 17.3. The Bertz CT molecular complexity index is 3740. The van der Waals surface area contributed by atoms with Gasteiger partial charge in [0.1, 0.15) is 0 Å². The molecule has 0 saturated carbocycles. The minimum absolute atomic E-state index is 0.429. The number of aryl methyl sites for hydroxylation is 1. The summed E-state index contributed by atoms with van der Waals surface area (Å²) in [7, 11) is 0. The highest BCUT2D eigenvalue weighted by Gasteiger charge is 2.46. The normalized spacial score (nSPS) is 12.9. The maximum Gasteiger partial charge on any atom is 0.0713 e. The van der Waals surface area contributed by atoms with Gasteiger partial charge in [-0.05, 0) is 123 Å². The van der Waals surface area contributed by atoms with Crippen molar-refractivity contribution in [3.8, 4) is 44.8 Å². The number of hydrogen-bond donors (Lipinski definition) is 0. The Morgan fingerprint density at radius 2 is 0.781 bits per heavy atom. The Morgan fingerprint density at radius 1 is 0.297 bits per heavy atom. The van der Waals surface area contributed by atoms with Crippen molar-refractivity contribution in [2.24, 2.45) is 0 Å². The molecule has 13 rings (SSSR count). The van der Waals surface area contributed by atoms with Gasteiger partial charge in [0.25, 0.3) is 0 Å². The van der Waals surface area contributed by atoms with E-state index < -0.39 is 5.41 Å². The molecule has 0 spiro atoms. The van der Waals surface area contributed by atoms with Crippen molar-refractivity contribution < 1.29 is 0 Å². The van der Waals surface area contributed by atoms with Gasteiger partial charge in [-0.2, -0.15) is 0 Å². The average molecular weight is 815 g/mol. The van der Waals surface area contributed by atoms with E-state index in [9.17, 15) is 0 Å². The van der Waals surface area contributed by atoms with Crippen LogP contribution in [0.3, 0.4) is 0 Å². The lowest BCUT2D eigenvalue weighted by Crippen LogP contribution is -2.28. The second kappa shape index (κ2) is 14.2. The minimum atomic E-state index is -0.429. The number of benzene rings is 10. The maximum atomic E-state index is 2.46. The van der Waals surface area contributed by atoms with Crippen LogP contribution in [-0.4, -0.2) is 9.13 Å². The predicted molar refractivity (Wildman–Crippen MR) is 268 cm³/mol. The first kappa shape index (κ1) is 36.5. The summed E-state index contributed by atoms with van der Waals surface area (Å²) in [6.07, 6.45) is 0. The summed E-state index contributed by atoms with van der Waals surface area (Å²) in [5.41, 5.74) is 20.5. The molecule has 10 aromatic carbocycles. The second-order valence-corrected chi connectivity index (χ2v) is 17.3. The van der Waals surface area contributed by atoms with E-state index in [1.807, 2.05) is 0 Å². The van der Waals surface area contributed by atoms with E-state index in [2.05, 4.69) is 253 Å². The molecule has 0 bridgehead atoms. The minimum Gasteiger partial charge on any atom is -0.309 e. The number of nitrogens with zero attached hydrogens (tertiary/aromatic N) is 2. The molecule has 0 N–H and O–H groups in total. The highest BCUT2D eigenvalue weighted by Crippen LogP contribution is 2.56. The summed E-state index contributed by atoms with van der Waals surface area (Å²) in [5, 5.41) is 4.98. The molecule has 64 heavy (non-hydrogen) atoms. The molecule has 0 aliphatic heterocycles. The molecule has 0 saturated heterocycles. The zero-order valence-electron chi connectivity index (χ0n) is 35.4. The van der Waals surface area contributed by atoms with Crippen molar-refractivity contribution in [1.29, 1.82) is 0 Å². The third-order valence-electron chi connectivity index (χ3n) is 13.9. The molecular formula is C62H42N2. The van der Waals surface area contributed by atoms with E-state index in [4.69, 9.17) is 0 Å². The summed E-state index contributed by atoms with van der Waals surface area (Å²) in [4.78, 5) is 0. The van der Waals surface area contributed by atoms with Gasteiger partial charge in [-0.15, -0.1) is 0 Å². The molecule has 0 atom stereocenters. The van der Waals surface area contributed by atoms with Crippen LogP contribution in [0.2, 0.25) is 0 Å². The Balaban J connectivity index is 0.956. The van der Waals surface area contributed by atoms with Gasteiger partial charge in [0.2, 0.25) is 0 Å². The largest absolute Gasteiger partial charge is 0.309 e. The topological polar surface area (TPSA) is 9.86 Å². The molecule has 300 valence electrons. The maximum absolute atomic E-state index is 2.46. The van der Waals surface area contributed by atoms with Crippen LogP contribution in [0.25, 0.3) is 88.4 Å². The molecule has 0 amide bonds. The van der Waals surface area contributed by atoms with Gasteiger partial charge in [-0.3, -0.25) is 0 Å². The number of aromatic nitrogens is 2. The summed E-state index contributed by atoms with van der Waals surface area (Å²) in [5.74, 6) is 0. The first-order valence-electron chi connectivity index (χ1n) is 22.3. The van der Waals surface area contributed by atoms with Crippen LogP contribution in [0.5, 0.6) is 0 Å². The van der Waals surface area contributed by atoms with Gasteiger partial charge in [0.15, 0.2) is 0 Å². The Labute approximate surface area is 372 Å². The van der Waals surface area contributed by atoms with Gasteiger partial charge in [0, 0.05) is 32.9 Å². The lowest BCUT2D eigenvalue weighted by Gasteiger charge is -2.33. The lowest BCUT2D eigenvalue weighted by atomic mass is 9.68. The molecule has 2 heterocycles. The monoisotopic (exact) mass is 814 g/mol. The van der Waals surface area contributed by atoms with Crippen LogP contribution in [-0.2, 0) is 5.41 Å². The molecule has 0 radical (unpaired) electrons. The van der Waals surface area contributed by atoms with Gasteiger partial charge < -0.3 is 9.13 Å². The van der Waals surface area contributed by atoms with Crippen molar-refractivity contribution in [3.05, 3.63) is 264 Å². The lowest BCUT2D eigenvalue weighted by molar-refractivity contribution is 0.768. The van der Waals surface area contributed by atoms with Gasteiger partial charge in [-0.1, -0.05) is 181 Å². The van der Waals surface area contributed by atoms with E-state index in [0.717, 1.165) is 11.4 Å². The van der Waals surface area contributed by atoms with E-state index in [1.165, 1.54) is 105 Å². The molecule has 2 heteroatoms. The number of fused-ring (bicyclic) bond motifs is 9. The van der Waals surface area contributed by atoms with Gasteiger partial charge >= 0.3 is 0 Å². The molecule has 12 aromatic rings. The van der Waals surface area contributed by atoms with E-state index in [0.29, 0.717) is 0 Å². The van der Waals surface area contributed by atoms with Crippen molar-refractivity contribution in [3.63, 3.8) is 0 Å². The molecule has 2 aromatic heterocycles. The number of hydrogen-bond acceptors (Lipinski definition) is 0. The third-order valence-corrected chi connectivity index (χ3v) is 13.9. The summed E-state index contributed by atoms with van der Waals surface area (Å²) >= 11 is 0. The van der Waals surface area contributed by atoms with Crippen molar-refractivity contribution >= 4 is 43.6 Å². The average Bonchev–Trinajstić information content (AvgIpc) is 3.98. The molecule has 0 unspecified atom stereocenters. The highest BCUT2D eigenvalue weighted by atomic mass is 15.0. The zero-order chi connectivity index (χ0) is 42.4. The molecule has 1 aliphatic carbocycles. The third kappa shape index (κ3) is 5.33. The Hall–Kier alpha value is -8.20. The molecule has 1 aliphatic rings. The van der Waals surface area contributed by atoms with Crippen LogP contribution in [0, 0.1) is 6.92 Å². The summed E-state index contributed by atoms with van der Waals surface area (Å²) < 4.78 is 4.88. The SMILES string of the molecule is Cc1ccc(-c2cccc(-n3c4ccccc4c4cc(-c5ccc6c(c5)c5ccccc5n6-c5ccc6c(c5)-c5ccccc5C6(c5ccccc5)c5ccccc5)ccc43)c2)cc1. The van der Waals surface area contributed by atoms with E-state index in [-0.39, 0.29) is 0 Å². The quantitative estimate of drug-likeness (QED) is 0.158. The van der Waals surface area contributed by atoms with Crippen LogP contribution in [0.4, 0.5) is 0 Å². The van der Waals surface area contributed by atoms with Crippen LogP contribution >= 0.6 is 0 Å². The van der Waals surface area contributed by atoms with E-state index >= 15 is 0 Å². The fraction of sp³-hybridized carbons (Fsp3) is 0.0323. The van der Waals surface area contributed by atoms with Crippen molar-refractivity contribution in [2.75, 3.05) is 0 Å². The molecule has 2 nitrogen and oxygen atoms in total. The fourth-order valence-electron chi connectivity index (χ4n) is 11.0. The fourth-order valence-corrected chi connectivity index (χ4v) is 11.0. The zero-order valence-corrected chi connectivity index (χ0v) is 35.4. The smallest absolute Gasteiger partial charge is 0.0713 e. The standard InChI is InChI=1S/C62H42N2/c1-41-27-29-42(30-28-41)43-15-14-20-48(37-43)63-58-25-12-9-22-51(58)54-38-44(31-35-60(54)63)45-32-36-61-55(39-45)52-23-10-13-26-59(52)64(61)49-33-34-57-53(40-49)50-21-8-11-24-56(50)62(57,46-16-4-2-5-17-46)47-18-6-3-7-19-47/h2-40H,1H3. The molecular weight excluding hydrogens is 773 g/mol.